The minimum atomic E-state index is -0.155. The van der Waals surface area contributed by atoms with E-state index in [1.807, 2.05) is 25.3 Å². The number of aryl methyl sites for hydroxylation is 1. The fourth-order valence-corrected chi connectivity index (χ4v) is 4.30. The van der Waals surface area contributed by atoms with Gasteiger partial charge in [0.05, 0.1) is 5.52 Å². The minimum absolute atomic E-state index is 0.155. The molecule has 27 heavy (non-hydrogen) atoms. The van der Waals surface area contributed by atoms with Crippen LogP contribution in [-0.4, -0.2) is 42.2 Å². The zero-order valence-electron chi connectivity index (χ0n) is 15.9. The maximum atomic E-state index is 14.2. The van der Waals surface area contributed by atoms with Gasteiger partial charge in [-0.1, -0.05) is 12.1 Å². The minimum Gasteiger partial charge on any atom is -0.369 e. The van der Waals surface area contributed by atoms with E-state index in [4.69, 9.17) is 0 Å². The van der Waals surface area contributed by atoms with Crippen LogP contribution in [0.3, 0.4) is 0 Å². The molecule has 4 heteroatoms. The number of fused-ring (bicyclic) bond motifs is 1. The van der Waals surface area contributed by atoms with Crippen LogP contribution >= 0.6 is 0 Å². The average molecular weight is 363 g/mol. The average Bonchev–Trinajstić information content (AvgIpc) is 3.39. The van der Waals surface area contributed by atoms with Gasteiger partial charge in [-0.25, -0.2) is 4.39 Å². The van der Waals surface area contributed by atoms with Crippen LogP contribution in [0.25, 0.3) is 16.6 Å². The molecule has 1 saturated heterocycles. The van der Waals surface area contributed by atoms with Gasteiger partial charge in [-0.15, -0.1) is 0 Å². The first kappa shape index (κ1) is 16.8. The third kappa shape index (κ3) is 3.23. The van der Waals surface area contributed by atoms with Crippen molar-refractivity contribution in [2.24, 2.45) is 5.92 Å². The molecular weight excluding hydrogens is 337 g/mol. The molecule has 3 nitrogen and oxygen atoms in total. The van der Waals surface area contributed by atoms with E-state index >= 15 is 0 Å². The molecule has 0 radical (unpaired) electrons. The maximum Gasteiger partial charge on any atom is 0.132 e. The Balaban J connectivity index is 1.41. The standard InChI is InChI=1S/C23H26FN3/c1-17-5-8-22(24)21-9-10-27(23(17)21)20-4-2-3-19(15-20)26-13-11-25(12-14-26)16-18-6-7-18/h2-5,8-10,15,18H,6-7,11-14,16H2,1H3. The molecule has 2 fully saturated rings. The second-order valence-corrected chi connectivity index (χ2v) is 8.06. The van der Waals surface area contributed by atoms with Crippen LogP contribution in [0.5, 0.6) is 0 Å². The second-order valence-electron chi connectivity index (χ2n) is 8.06. The molecule has 2 heterocycles. The van der Waals surface area contributed by atoms with Gasteiger partial charge < -0.3 is 9.47 Å². The summed E-state index contributed by atoms with van der Waals surface area (Å²) in [5.41, 5.74) is 4.41. The molecule has 0 atom stereocenters. The Morgan fingerprint density at radius 2 is 1.74 bits per heavy atom. The molecule has 1 aliphatic carbocycles. The quantitative estimate of drug-likeness (QED) is 0.671. The Labute approximate surface area is 160 Å². The first-order valence-electron chi connectivity index (χ1n) is 10.0. The topological polar surface area (TPSA) is 11.4 Å². The lowest BCUT2D eigenvalue weighted by Gasteiger charge is -2.36. The monoisotopic (exact) mass is 363 g/mol. The number of halogens is 1. The zero-order valence-corrected chi connectivity index (χ0v) is 15.9. The predicted octanol–water partition coefficient (Wildman–Crippen LogP) is 4.61. The van der Waals surface area contributed by atoms with Crippen LogP contribution in [0, 0.1) is 18.7 Å². The molecule has 0 unspecified atom stereocenters. The van der Waals surface area contributed by atoms with Gasteiger partial charge >= 0.3 is 0 Å². The second kappa shape index (κ2) is 6.68. The third-order valence-electron chi connectivity index (χ3n) is 6.06. The number of anilines is 1. The van der Waals surface area contributed by atoms with Crippen LogP contribution in [0.1, 0.15) is 18.4 Å². The Bertz CT molecular complexity index is 965. The van der Waals surface area contributed by atoms with Gasteiger partial charge in [0, 0.05) is 55.7 Å². The van der Waals surface area contributed by atoms with Crippen LogP contribution in [0.2, 0.25) is 0 Å². The Hall–Kier alpha value is -2.33. The Kier molecular flexibility index (Phi) is 4.16. The van der Waals surface area contributed by atoms with Gasteiger partial charge in [0.1, 0.15) is 5.82 Å². The molecule has 0 amide bonds. The molecule has 0 N–H and O–H groups in total. The van der Waals surface area contributed by atoms with Crippen molar-refractivity contribution in [1.82, 2.24) is 9.47 Å². The van der Waals surface area contributed by atoms with E-state index in [0.717, 1.165) is 48.9 Å². The first-order valence-corrected chi connectivity index (χ1v) is 10.0. The summed E-state index contributed by atoms with van der Waals surface area (Å²) in [5.74, 6) is 0.808. The van der Waals surface area contributed by atoms with Crippen LogP contribution < -0.4 is 4.90 Å². The molecular formula is C23H26FN3. The van der Waals surface area contributed by atoms with Crippen molar-refractivity contribution in [3.8, 4) is 5.69 Å². The molecule has 1 saturated carbocycles. The summed E-state index contributed by atoms with van der Waals surface area (Å²) in [6.07, 6.45) is 4.83. The summed E-state index contributed by atoms with van der Waals surface area (Å²) >= 11 is 0. The Morgan fingerprint density at radius 3 is 2.52 bits per heavy atom. The molecule has 140 valence electrons. The fraction of sp³-hybridized carbons (Fsp3) is 0.391. The van der Waals surface area contributed by atoms with E-state index in [-0.39, 0.29) is 5.82 Å². The summed E-state index contributed by atoms with van der Waals surface area (Å²) in [5, 5.41) is 0.689. The molecule has 0 spiro atoms. The number of nitrogens with zero attached hydrogens (tertiary/aromatic N) is 3. The molecule has 3 aromatic rings. The third-order valence-corrected chi connectivity index (χ3v) is 6.06. The normalized spacial score (nSPS) is 18.4. The van der Waals surface area contributed by atoms with Gasteiger partial charge in [0.15, 0.2) is 0 Å². The van der Waals surface area contributed by atoms with Crippen molar-refractivity contribution in [2.45, 2.75) is 19.8 Å². The molecule has 5 rings (SSSR count). The zero-order chi connectivity index (χ0) is 18.4. The van der Waals surface area contributed by atoms with E-state index in [9.17, 15) is 4.39 Å². The van der Waals surface area contributed by atoms with Crippen molar-refractivity contribution in [2.75, 3.05) is 37.6 Å². The van der Waals surface area contributed by atoms with Gasteiger partial charge in [0.2, 0.25) is 0 Å². The first-order chi connectivity index (χ1) is 13.2. The Morgan fingerprint density at radius 1 is 0.963 bits per heavy atom. The smallest absolute Gasteiger partial charge is 0.132 e. The molecule has 0 bridgehead atoms. The maximum absolute atomic E-state index is 14.2. The molecule has 1 aliphatic heterocycles. The van der Waals surface area contributed by atoms with E-state index in [0.29, 0.717) is 5.39 Å². The predicted molar refractivity (Wildman–Crippen MR) is 109 cm³/mol. The number of benzene rings is 2. The summed E-state index contributed by atoms with van der Waals surface area (Å²) in [6, 6.07) is 13.9. The van der Waals surface area contributed by atoms with Gasteiger partial charge in [-0.2, -0.15) is 0 Å². The van der Waals surface area contributed by atoms with E-state index in [1.165, 1.54) is 25.1 Å². The SMILES string of the molecule is Cc1ccc(F)c2ccn(-c3cccc(N4CCN(CC5CC5)CC4)c3)c12. The molecule has 2 aliphatic rings. The highest BCUT2D eigenvalue weighted by molar-refractivity contribution is 5.85. The number of rotatable bonds is 4. The van der Waals surface area contributed by atoms with Crippen molar-refractivity contribution >= 4 is 16.6 Å². The summed E-state index contributed by atoms with van der Waals surface area (Å²) in [4.78, 5) is 5.09. The van der Waals surface area contributed by atoms with Crippen LogP contribution in [-0.2, 0) is 0 Å². The number of hydrogen-bond acceptors (Lipinski definition) is 2. The molecule has 1 aromatic heterocycles. The highest BCUT2D eigenvalue weighted by Crippen LogP contribution is 2.31. The summed E-state index contributed by atoms with van der Waals surface area (Å²) < 4.78 is 16.3. The lowest BCUT2D eigenvalue weighted by Crippen LogP contribution is -2.47. The van der Waals surface area contributed by atoms with Gasteiger partial charge in [0.25, 0.3) is 0 Å². The van der Waals surface area contributed by atoms with E-state index < -0.39 is 0 Å². The van der Waals surface area contributed by atoms with E-state index in [2.05, 4.69) is 38.6 Å². The van der Waals surface area contributed by atoms with Crippen LogP contribution in [0.4, 0.5) is 10.1 Å². The number of aromatic nitrogens is 1. The van der Waals surface area contributed by atoms with Crippen molar-refractivity contribution in [1.29, 1.82) is 0 Å². The van der Waals surface area contributed by atoms with Crippen molar-refractivity contribution in [3.63, 3.8) is 0 Å². The van der Waals surface area contributed by atoms with Gasteiger partial charge in [-0.05, 0) is 61.6 Å². The number of piperazine rings is 1. The number of hydrogen-bond donors (Lipinski definition) is 0. The lowest BCUT2D eigenvalue weighted by molar-refractivity contribution is 0.248. The highest BCUT2D eigenvalue weighted by atomic mass is 19.1. The largest absolute Gasteiger partial charge is 0.369 e. The fourth-order valence-electron chi connectivity index (χ4n) is 4.30. The van der Waals surface area contributed by atoms with Crippen LogP contribution in [0.15, 0.2) is 48.7 Å². The molecule has 2 aromatic carbocycles. The van der Waals surface area contributed by atoms with Crippen molar-refractivity contribution in [3.05, 3.63) is 60.0 Å². The van der Waals surface area contributed by atoms with Gasteiger partial charge in [-0.3, -0.25) is 4.90 Å². The summed E-state index contributed by atoms with van der Waals surface area (Å²) in [7, 11) is 0. The van der Waals surface area contributed by atoms with Crippen molar-refractivity contribution < 1.29 is 4.39 Å². The van der Waals surface area contributed by atoms with E-state index in [1.54, 1.807) is 6.07 Å². The lowest BCUT2D eigenvalue weighted by atomic mass is 10.1. The highest BCUT2D eigenvalue weighted by Gasteiger charge is 2.26. The summed E-state index contributed by atoms with van der Waals surface area (Å²) in [6.45, 7) is 7.79.